The molecule has 0 radical (unpaired) electrons. The number of aryl methyl sites for hydroxylation is 1. The second kappa shape index (κ2) is 7.77. The highest BCUT2D eigenvalue weighted by atomic mass is 35.5. The van der Waals surface area contributed by atoms with E-state index in [0.717, 1.165) is 18.4 Å². The number of thiazole rings is 1. The Labute approximate surface area is 170 Å². The number of fused-ring (bicyclic) bond motifs is 1. The van der Waals surface area contributed by atoms with Crippen molar-refractivity contribution in [1.29, 1.82) is 0 Å². The molecule has 0 aliphatic carbocycles. The van der Waals surface area contributed by atoms with Gasteiger partial charge in [-0.2, -0.15) is 0 Å². The molecule has 1 aromatic carbocycles. The summed E-state index contributed by atoms with van der Waals surface area (Å²) < 4.78 is 1.66. The molecule has 4 rings (SSSR count). The van der Waals surface area contributed by atoms with Gasteiger partial charge in [-0.1, -0.05) is 23.7 Å². The fourth-order valence-electron chi connectivity index (χ4n) is 3.42. The first kappa shape index (κ1) is 18.7. The summed E-state index contributed by atoms with van der Waals surface area (Å²) in [5, 5.41) is 13.4. The maximum absolute atomic E-state index is 12.9. The van der Waals surface area contributed by atoms with Gasteiger partial charge in [-0.15, -0.1) is 11.3 Å². The van der Waals surface area contributed by atoms with Crippen molar-refractivity contribution in [3.05, 3.63) is 68.5 Å². The van der Waals surface area contributed by atoms with Gasteiger partial charge in [-0.3, -0.25) is 9.59 Å². The lowest BCUT2D eigenvalue weighted by atomic mass is 10.1. The lowest BCUT2D eigenvalue weighted by Crippen LogP contribution is -2.42. The number of benzene rings is 1. The van der Waals surface area contributed by atoms with Gasteiger partial charge in [-0.05, 0) is 30.5 Å². The van der Waals surface area contributed by atoms with Crippen molar-refractivity contribution in [2.75, 3.05) is 13.1 Å². The number of hydrogen-bond donors (Lipinski definition) is 1. The minimum atomic E-state index is -0.560. The highest BCUT2D eigenvalue weighted by molar-refractivity contribution is 7.13. The molecule has 0 bridgehead atoms. The lowest BCUT2D eigenvalue weighted by molar-refractivity contribution is 0.0695. The van der Waals surface area contributed by atoms with Crippen LogP contribution in [0.3, 0.4) is 0 Å². The average Bonchev–Trinajstić information content (AvgIpc) is 3.21. The molecular weight excluding hydrogens is 398 g/mol. The SMILES string of the molecule is O=C1c2c(O)c(=O)c(-c3nccs3)cn2CCN1CCCc1cccc(Cl)c1. The van der Waals surface area contributed by atoms with Crippen molar-refractivity contribution in [2.24, 2.45) is 0 Å². The van der Waals surface area contributed by atoms with Crippen molar-refractivity contribution in [3.63, 3.8) is 0 Å². The topological polar surface area (TPSA) is 75.4 Å². The molecule has 0 unspecified atom stereocenters. The Bertz CT molecular complexity index is 1080. The molecule has 0 saturated heterocycles. The summed E-state index contributed by atoms with van der Waals surface area (Å²) in [6.07, 6.45) is 4.80. The molecule has 3 aromatic rings. The molecule has 1 aliphatic heterocycles. The smallest absolute Gasteiger partial charge is 0.274 e. The molecule has 6 nitrogen and oxygen atoms in total. The quantitative estimate of drug-likeness (QED) is 0.692. The van der Waals surface area contributed by atoms with Crippen LogP contribution in [0.4, 0.5) is 0 Å². The van der Waals surface area contributed by atoms with Crippen LogP contribution in [0.1, 0.15) is 22.5 Å². The van der Waals surface area contributed by atoms with Crippen LogP contribution in [0.5, 0.6) is 5.75 Å². The zero-order valence-corrected chi connectivity index (χ0v) is 16.5. The Balaban J connectivity index is 1.52. The van der Waals surface area contributed by atoms with Gasteiger partial charge in [-0.25, -0.2) is 4.98 Å². The van der Waals surface area contributed by atoms with Gasteiger partial charge in [0.25, 0.3) is 5.91 Å². The summed E-state index contributed by atoms with van der Waals surface area (Å²) in [4.78, 5) is 31.2. The molecule has 144 valence electrons. The Kier molecular flexibility index (Phi) is 5.19. The number of nitrogens with zero attached hydrogens (tertiary/aromatic N) is 3. The molecule has 8 heteroatoms. The number of hydrogen-bond acceptors (Lipinski definition) is 5. The zero-order valence-electron chi connectivity index (χ0n) is 15.0. The van der Waals surface area contributed by atoms with Crippen molar-refractivity contribution < 1.29 is 9.90 Å². The Morgan fingerprint density at radius 2 is 2.11 bits per heavy atom. The minimum Gasteiger partial charge on any atom is -0.503 e. The molecule has 3 heterocycles. The summed E-state index contributed by atoms with van der Waals surface area (Å²) in [5.74, 6) is -0.824. The second-order valence-corrected chi connectivity index (χ2v) is 7.96. The van der Waals surface area contributed by atoms with Gasteiger partial charge >= 0.3 is 0 Å². The van der Waals surface area contributed by atoms with Gasteiger partial charge < -0.3 is 14.6 Å². The van der Waals surface area contributed by atoms with E-state index in [0.29, 0.717) is 35.2 Å². The standard InChI is InChI=1S/C20H18ClN3O3S/c21-14-5-1-3-13(11-14)4-2-7-23-8-9-24-12-15(19-22-6-10-28-19)17(25)18(26)16(24)20(23)27/h1,3,5-6,10-12,26H,2,4,7-9H2. The third kappa shape index (κ3) is 3.55. The highest BCUT2D eigenvalue weighted by Gasteiger charge is 2.29. The minimum absolute atomic E-state index is 0.0549. The number of halogens is 1. The van der Waals surface area contributed by atoms with E-state index >= 15 is 0 Å². The summed E-state index contributed by atoms with van der Waals surface area (Å²) in [7, 11) is 0. The van der Waals surface area contributed by atoms with Crippen molar-refractivity contribution in [1.82, 2.24) is 14.5 Å². The van der Waals surface area contributed by atoms with Gasteiger partial charge in [0.05, 0.1) is 5.56 Å². The molecule has 1 N–H and O–H groups in total. The maximum Gasteiger partial charge on any atom is 0.274 e. The van der Waals surface area contributed by atoms with Crippen molar-refractivity contribution in [3.8, 4) is 16.3 Å². The molecule has 28 heavy (non-hydrogen) atoms. The molecule has 0 atom stereocenters. The molecule has 0 fully saturated rings. The Hall–Kier alpha value is -2.64. The third-order valence-electron chi connectivity index (χ3n) is 4.80. The van der Waals surface area contributed by atoms with E-state index in [9.17, 15) is 14.7 Å². The van der Waals surface area contributed by atoms with E-state index < -0.39 is 11.2 Å². The van der Waals surface area contributed by atoms with Crippen LogP contribution in [-0.4, -0.2) is 38.6 Å². The van der Waals surface area contributed by atoms with Crippen molar-refractivity contribution >= 4 is 28.8 Å². The van der Waals surface area contributed by atoms with Gasteiger partial charge in [0.2, 0.25) is 5.43 Å². The van der Waals surface area contributed by atoms with Crippen LogP contribution < -0.4 is 5.43 Å². The summed E-state index contributed by atoms with van der Waals surface area (Å²) in [6, 6.07) is 7.66. The Morgan fingerprint density at radius 1 is 1.25 bits per heavy atom. The molecule has 0 saturated carbocycles. The summed E-state index contributed by atoms with van der Waals surface area (Å²) >= 11 is 7.33. The number of pyridine rings is 1. The van der Waals surface area contributed by atoms with Crippen LogP contribution in [0.15, 0.2) is 46.8 Å². The Morgan fingerprint density at radius 3 is 2.86 bits per heavy atom. The predicted octanol–water partition coefficient (Wildman–Crippen LogP) is 3.42. The molecule has 2 aromatic heterocycles. The van der Waals surface area contributed by atoms with E-state index in [1.54, 1.807) is 27.2 Å². The van der Waals surface area contributed by atoms with Crippen LogP contribution in [0.2, 0.25) is 5.02 Å². The number of rotatable bonds is 5. The number of carbonyl (C=O) groups is 1. The first-order valence-corrected chi connectivity index (χ1v) is 10.2. The summed E-state index contributed by atoms with van der Waals surface area (Å²) in [6.45, 7) is 1.60. The largest absolute Gasteiger partial charge is 0.503 e. The number of amides is 1. The fraction of sp³-hybridized carbons (Fsp3) is 0.250. The monoisotopic (exact) mass is 415 g/mol. The zero-order chi connectivity index (χ0) is 19.7. The van der Waals surface area contributed by atoms with Crippen LogP contribution in [0, 0.1) is 0 Å². The average molecular weight is 416 g/mol. The van der Waals surface area contributed by atoms with Gasteiger partial charge in [0, 0.05) is 42.4 Å². The van der Waals surface area contributed by atoms with Gasteiger partial charge in [0.1, 0.15) is 5.01 Å². The molecule has 1 aliphatic rings. The fourth-order valence-corrected chi connectivity index (χ4v) is 4.28. The van der Waals surface area contributed by atoms with Crippen LogP contribution in [0.25, 0.3) is 10.6 Å². The molecule has 1 amide bonds. The summed E-state index contributed by atoms with van der Waals surface area (Å²) in [5.41, 5.74) is 0.928. The van der Waals surface area contributed by atoms with Gasteiger partial charge in [0.15, 0.2) is 11.4 Å². The first-order valence-electron chi connectivity index (χ1n) is 8.94. The number of carbonyl (C=O) groups excluding carboxylic acids is 1. The van der Waals surface area contributed by atoms with E-state index in [2.05, 4.69) is 4.98 Å². The van der Waals surface area contributed by atoms with Crippen molar-refractivity contribution in [2.45, 2.75) is 19.4 Å². The maximum atomic E-state index is 12.9. The lowest BCUT2D eigenvalue weighted by Gasteiger charge is -2.30. The predicted molar refractivity (Wildman–Crippen MR) is 109 cm³/mol. The molecule has 0 spiro atoms. The second-order valence-electron chi connectivity index (χ2n) is 6.63. The molecular formula is C20H18ClN3O3S. The van der Waals surface area contributed by atoms with E-state index in [4.69, 9.17) is 11.6 Å². The van der Waals surface area contributed by atoms with Crippen LogP contribution >= 0.6 is 22.9 Å². The van der Waals surface area contributed by atoms with E-state index in [1.807, 2.05) is 24.3 Å². The van der Waals surface area contributed by atoms with E-state index in [-0.39, 0.29) is 11.6 Å². The number of aromatic hydroxyl groups is 1. The van der Waals surface area contributed by atoms with Crippen LogP contribution in [-0.2, 0) is 13.0 Å². The normalized spacial score (nSPS) is 13.6. The third-order valence-corrected chi connectivity index (χ3v) is 5.84. The highest BCUT2D eigenvalue weighted by Crippen LogP contribution is 2.26. The first-order chi connectivity index (χ1) is 13.5. The number of aromatic nitrogens is 2. The van der Waals surface area contributed by atoms with E-state index in [1.165, 1.54) is 11.3 Å².